The molecule has 7 heteroatoms. The Hall–Kier alpha value is -3.61. The molecule has 4 aliphatic carbocycles. The number of carbonyl (C=O) groups excluding carboxylic acids is 5. The number of ketones is 1. The standard InChI is InChI=1S/C29H26N2O5/c1-14-12-15-13-18-21-24(29(36)31(27(21)34)17-10-6-3-7-11-17)22(25(18)32)20(15)23-19(14)26(33)30(28(23)35)16-8-4-2-5-9-16/h3-4,6-12,14,18-24H,2,5,13H2,1H3/t14?,18?,19?,20?,21?,22-,23?,24?/m0/s1. The van der Waals surface area contributed by atoms with Gasteiger partial charge in [-0.1, -0.05) is 48.9 Å². The van der Waals surface area contributed by atoms with E-state index in [1.165, 1.54) is 9.80 Å². The molecule has 1 aromatic carbocycles. The maximum absolute atomic E-state index is 13.9. The van der Waals surface area contributed by atoms with Crippen molar-refractivity contribution in [2.45, 2.75) is 26.2 Å². The summed E-state index contributed by atoms with van der Waals surface area (Å²) in [5.41, 5.74) is 2.08. The van der Waals surface area contributed by atoms with Gasteiger partial charge in [-0.2, -0.15) is 0 Å². The minimum Gasteiger partial charge on any atom is -0.299 e. The molecule has 2 saturated heterocycles. The van der Waals surface area contributed by atoms with E-state index in [4.69, 9.17) is 0 Å². The van der Waals surface area contributed by atoms with Crippen LogP contribution in [0.3, 0.4) is 0 Å². The number of fused-ring (bicyclic) bond motifs is 9. The summed E-state index contributed by atoms with van der Waals surface area (Å²) in [4.78, 5) is 70.9. The fourth-order valence-electron chi connectivity index (χ4n) is 7.93. The van der Waals surface area contributed by atoms with Crippen LogP contribution in [0.15, 0.2) is 65.9 Å². The van der Waals surface area contributed by atoms with Gasteiger partial charge in [0.2, 0.25) is 23.6 Å². The van der Waals surface area contributed by atoms with E-state index < -0.39 is 41.4 Å². The summed E-state index contributed by atoms with van der Waals surface area (Å²) in [6, 6.07) is 8.81. The van der Waals surface area contributed by atoms with Gasteiger partial charge in [0, 0.05) is 23.5 Å². The highest BCUT2D eigenvalue weighted by atomic mass is 16.2. The number of carbonyl (C=O) groups is 5. The van der Waals surface area contributed by atoms with Gasteiger partial charge in [-0.3, -0.25) is 33.8 Å². The van der Waals surface area contributed by atoms with Crippen LogP contribution in [0.25, 0.3) is 0 Å². The molecule has 2 bridgehead atoms. The molecule has 1 aromatic rings. The van der Waals surface area contributed by atoms with Crippen LogP contribution in [0.2, 0.25) is 0 Å². The molecule has 0 aromatic heterocycles. The first-order valence-electron chi connectivity index (χ1n) is 12.8. The maximum atomic E-state index is 13.9. The van der Waals surface area contributed by atoms with Crippen LogP contribution in [-0.2, 0) is 24.0 Å². The molecular formula is C29H26N2O5. The van der Waals surface area contributed by atoms with E-state index in [0.717, 1.165) is 18.4 Å². The molecule has 36 heavy (non-hydrogen) atoms. The first-order chi connectivity index (χ1) is 17.4. The highest BCUT2D eigenvalue weighted by Crippen LogP contribution is 2.61. The van der Waals surface area contributed by atoms with Gasteiger partial charge in [0.15, 0.2) is 0 Å². The summed E-state index contributed by atoms with van der Waals surface area (Å²) in [6.07, 6.45) is 9.74. The van der Waals surface area contributed by atoms with Crippen molar-refractivity contribution in [3.8, 4) is 0 Å². The molecule has 4 amide bonds. The van der Waals surface area contributed by atoms with Crippen molar-refractivity contribution in [3.63, 3.8) is 0 Å². The van der Waals surface area contributed by atoms with Crippen molar-refractivity contribution in [3.05, 3.63) is 65.9 Å². The Bertz CT molecular complexity index is 1340. The van der Waals surface area contributed by atoms with E-state index in [9.17, 15) is 24.0 Å². The molecule has 8 atom stereocenters. The van der Waals surface area contributed by atoms with Crippen LogP contribution in [0, 0.1) is 47.3 Å². The second kappa shape index (κ2) is 7.45. The smallest absolute Gasteiger partial charge is 0.238 e. The third kappa shape index (κ3) is 2.60. The van der Waals surface area contributed by atoms with Crippen LogP contribution in [0.4, 0.5) is 5.69 Å². The molecule has 0 radical (unpaired) electrons. The third-order valence-corrected chi connectivity index (χ3v) is 9.26. The first kappa shape index (κ1) is 21.7. The van der Waals surface area contributed by atoms with Gasteiger partial charge in [-0.15, -0.1) is 0 Å². The molecule has 2 heterocycles. The normalized spacial score (nSPS) is 38.8. The molecule has 7 rings (SSSR count). The molecule has 4 fully saturated rings. The number of hydrogen-bond acceptors (Lipinski definition) is 5. The van der Waals surface area contributed by atoms with Crippen molar-refractivity contribution in [1.29, 1.82) is 0 Å². The fraction of sp³-hybridized carbons (Fsp3) is 0.414. The van der Waals surface area contributed by atoms with Gasteiger partial charge in [0.25, 0.3) is 0 Å². The number of anilines is 1. The zero-order valence-corrected chi connectivity index (χ0v) is 19.9. The van der Waals surface area contributed by atoms with Crippen LogP contribution in [0.1, 0.15) is 26.2 Å². The number of likely N-dealkylation sites (tertiary alicyclic amines) is 1. The number of benzene rings is 1. The van der Waals surface area contributed by atoms with Crippen molar-refractivity contribution < 1.29 is 24.0 Å². The van der Waals surface area contributed by atoms with Crippen molar-refractivity contribution >= 4 is 35.1 Å². The molecule has 182 valence electrons. The quantitative estimate of drug-likeness (QED) is 0.477. The summed E-state index contributed by atoms with van der Waals surface area (Å²) >= 11 is 0. The summed E-state index contributed by atoms with van der Waals surface area (Å²) in [5.74, 6) is -6.02. The summed E-state index contributed by atoms with van der Waals surface area (Å²) in [7, 11) is 0. The SMILES string of the molecule is CC1C=C2CC3C(=O)[C@H](C4C(=O)N(c5ccccc5)C(=O)C34)C2C2C(=O)N(C3=CCCC=C3)C(=O)C12. The molecule has 0 N–H and O–H groups in total. The van der Waals surface area contributed by atoms with Crippen LogP contribution in [0.5, 0.6) is 0 Å². The molecular weight excluding hydrogens is 456 g/mol. The Balaban J connectivity index is 1.31. The molecule has 0 spiro atoms. The lowest BCUT2D eigenvalue weighted by Crippen LogP contribution is -2.47. The molecule has 6 aliphatic rings. The van der Waals surface area contributed by atoms with E-state index in [0.29, 0.717) is 17.8 Å². The van der Waals surface area contributed by atoms with Gasteiger partial charge < -0.3 is 0 Å². The second-order valence-electron chi connectivity index (χ2n) is 10.9. The number of amides is 4. The average Bonchev–Trinajstić information content (AvgIpc) is 3.36. The molecule has 2 aliphatic heterocycles. The Kier molecular flexibility index (Phi) is 4.48. The lowest BCUT2D eigenvalue weighted by molar-refractivity contribution is -0.139. The zero-order chi connectivity index (χ0) is 24.9. The van der Waals surface area contributed by atoms with Gasteiger partial charge in [-0.25, -0.2) is 0 Å². The summed E-state index contributed by atoms with van der Waals surface area (Å²) < 4.78 is 0. The van der Waals surface area contributed by atoms with Crippen molar-refractivity contribution in [2.24, 2.45) is 47.3 Å². The number of nitrogens with zero attached hydrogens (tertiary/aromatic N) is 2. The predicted octanol–water partition coefficient (Wildman–Crippen LogP) is 3.04. The highest BCUT2D eigenvalue weighted by molar-refractivity contribution is 6.25. The average molecular weight is 483 g/mol. The molecule has 2 saturated carbocycles. The number of Topliss-reactive ketones (excluding diaryl/α,β-unsaturated/α-hetero) is 1. The Morgan fingerprint density at radius 1 is 0.722 bits per heavy atom. The maximum Gasteiger partial charge on any atom is 0.238 e. The zero-order valence-electron chi connectivity index (χ0n) is 19.9. The van der Waals surface area contributed by atoms with Crippen molar-refractivity contribution in [1.82, 2.24) is 4.90 Å². The number of rotatable bonds is 2. The van der Waals surface area contributed by atoms with Gasteiger partial charge in [0.05, 0.1) is 29.4 Å². The van der Waals surface area contributed by atoms with E-state index >= 15 is 0 Å². The number of imide groups is 2. The van der Waals surface area contributed by atoms with Crippen LogP contribution >= 0.6 is 0 Å². The van der Waals surface area contributed by atoms with E-state index in [1.54, 1.807) is 24.3 Å². The Labute approximate surface area is 208 Å². The van der Waals surface area contributed by atoms with Gasteiger partial charge in [0.1, 0.15) is 5.78 Å². The third-order valence-electron chi connectivity index (χ3n) is 9.26. The minimum absolute atomic E-state index is 0.0923. The predicted molar refractivity (Wildman–Crippen MR) is 129 cm³/mol. The van der Waals surface area contributed by atoms with Crippen LogP contribution in [-0.4, -0.2) is 34.3 Å². The number of allylic oxidation sites excluding steroid dienone is 5. The topological polar surface area (TPSA) is 91.8 Å². The van der Waals surface area contributed by atoms with E-state index in [1.807, 2.05) is 37.3 Å². The fourth-order valence-corrected chi connectivity index (χ4v) is 7.93. The first-order valence-corrected chi connectivity index (χ1v) is 12.8. The van der Waals surface area contributed by atoms with Gasteiger partial charge >= 0.3 is 0 Å². The molecule has 7 unspecified atom stereocenters. The summed E-state index contributed by atoms with van der Waals surface area (Å²) in [6.45, 7) is 1.95. The van der Waals surface area contributed by atoms with Crippen molar-refractivity contribution in [2.75, 3.05) is 4.90 Å². The summed E-state index contributed by atoms with van der Waals surface area (Å²) in [5, 5.41) is 0. The Morgan fingerprint density at radius 2 is 1.39 bits per heavy atom. The monoisotopic (exact) mass is 482 g/mol. The van der Waals surface area contributed by atoms with Gasteiger partial charge in [-0.05, 0) is 43.4 Å². The highest BCUT2D eigenvalue weighted by Gasteiger charge is 2.70. The van der Waals surface area contributed by atoms with Crippen LogP contribution < -0.4 is 4.90 Å². The molecule has 7 nitrogen and oxygen atoms in total. The number of para-hydroxylation sites is 1. The lowest BCUT2D eigenvalue weighted by atomic mass is 9.59. The lowest BCUT2D eigenvalue weighted by Gasteiger charge is -2.41. The second-order valence-corrected chi connectivity index (χ2v) is 10.9. The largest absolute Gasteiger partial charge is 0.299 e. The van der Waals surface area contributed by atoms with E-state index in [2.05, 4.69) is 0 Å². The minimum atomic E-state index is -0.786. The number of hydrogen-bond donors (Lipinski definition) is 0. The van der Waals surface area contributed by atoms with E-state index in [-0.39, 0.29) is 35.3 Å². The Morgan fingerprint density at radius 3 is 2.11 bits per heavy atom.